The molecule has 0 aliphatic rings. The lowest BCUT2D eigenvalue weighted by Crippen LogP contribution is -2.31. The van der Waals surface area contributed by atoms with Crippen molar-refractivity contribution < 1.29 is 34.1 Å². The molecule has 9 heteroatoms. The maximum atomic E-state index is 13.0. The third-order valence-electron chi connectivity index (χ3n) is 5.44. The number of carbonyl (C=O) groups excluding carboxylic acids is 2. The molecule has 9 nitrogen and oxygen atoms in total. The van der Waals surface area contributed by atoms with Gasteiger partial charge in [-0.25, -0.2) is 10.3 Å². The molecule has 2 amide bonds. The fourth-order valence-corrected chi connectivity index (χ4v) is 3.64. The van der Waals surface area contributed by atoms with Crippen LogP contribution >= 0.6 is 0 Å². The van der Waals surface area contributed by atoms with E-state index in [1.54, 1.807) is 60.1 Å². The Labute approximate surface area is 221 Å². The van der Waals surface area contributed by atoms with Crippen LogP contribution in [0.2, 0.25) is 0 Å². The summed E-state index contributed by atoms with van der Waals surface area (Å²) in [6.07, 6.45) is 1.38. The summed E-state index contributed by atoms with van der Waals surface area (Å²) < 4.78 is 17.8. The fourth-order valence-electron chi connectivity index (χ4n) is 3.64. The maximum Gasteiger partial charge on any atom is 0.412 e. The van der Waals surface area contributed by atoms with Gasteiger partial charge in [-0.3, -0.25) is 15.3 Å². The normalized spacial score (nSPS) is 12.4. The Kier molecular flexibility index (Phi) is 11.2. The molecule has 0 aliphatic heterocycles. The monoisotopic (exact) mass is 520 g/mol. The summed E-state index contributed by atoms with van der Waals surface area (Å²) in [5, 5.41) is 20.6. The molecule has 0 aliphatic carbocycles. The van der Waals surface area contributed by atoms with Crippen molar-refractivity contribution in [3.05, 3.63) is 102 Å². The molecule has 38 heavy (non-hydrogen) atoms. The van der Waals surface area contributed by atoms with Crippen molar-refractivity contribution in [3.63, 3.8) is 0 Å². The van der Waals surface area contributed by atoms with E-state index in [9.17, 15) is 9.59 Å². The number of hydroxylamine groups is 1. The summed E-state index contributed by atoms with van der Waals surface area (Å²) in [4.78, 5) is 24.4. The third kappa shape index (κ3) is 9.27. The number of nitrogens with one attached hydrogen (secondary N) is 2. The van der Waals surface area contributed by atoms with Crippen molar-refractivity contribution in [2.24, 2.45) is 0 Å². The molecule has 0 bridgehead atoms. The van der Waals surface area contributed by atoms with Gasteiger partial charge in [0.15, 0.2) is 6.10 Å². The number of aliphatic hydroxyl groups is 1. The largest absolute Gasteiger partial charge is 0.491 e. The maximum absolute atomic E-state index is 13.0. The van der Waals surface area contributed by atoms with Crippen molar-refractivity contribution in [1.29, 1.82) is 0 Å². The highest BCUT2D eigenvalue weighted by Crippen LogP contribution is 2.31. The van der Waals surface area contributed by atoms with Gasteiger partial charge in [0.25, 0.3) is 5.91 Å². The van der Waals surface area contributed by atoms with Crippen LogP contribution in [0.15, 0.2) is 91.0 Å². The lowest BCUT2D eigenvalue weighted by atomic mass is 9.99. The van der Waals surface area contributed by atoms with Crippen molar-refractivity contribution >= 4 is 17.7 Å². The lowest BCUT2D eigenvalue weighted by molar-refractivity contribution is -0.124. The van der Waals surface area contributed by atoms with E-state index in [1.807, 2.05) is 37.3 Å². The Morgan fingerprint density at radius 2 is 1.71 bits per heavy atom. The second-order valence-electron chi connectivity index (χ2n) is 8.39. The van der Waals surface area contributed by atoms with Crippen LogP contribution in [0.1, 0.15) is 30.1 Å². The van der Waals surface area contributed by atoms with Gasteiger partial charge in [0.2, 0.25) is 0 Å². The number of ether oxygens (including phenoxy) is 3. The Morgan fingerprint density at radius 3 is 2.42 bits per heavy atom. The average Bonchev–Trinajstić information content (AvgIpc) is 2.94. The van der Waals surface area contributed by atoms with Crippen LogP contribution < -0.4 is 20.3 Å². The molecule has 4 N–H and O–H groups in total. The number of para-hydroxylation sites is 1. The molecule has 0 heterocycles. The molecule has 0 aromatic heterocycles. The van der Waals surface area contributed by atoms with Crippen LogP contribution in [0.5, 0.6) is 11.5 Å². The molecule has 200 valence electrons. The van der Waals surface area contributed by atoms with E-state index >= 15 is 0 Å². The number of carbonyl (C=O) groups is 2. The molecular formula is C29H32N2O7. The van der Waals surface area contributed by atoms with Crippen molar-refractivity contribution in [3.8, 4) is 11.5 Å². The smallest absolute Gasteiger partial charge is 0.412 e. The molecule has 3 rings (SSSR count). The van der Waals surface area contributed by atoms with Gasteiger partial charge in [-0.1, -0.05) is 54.1 Å². The first-order chi connectivity index (χ1) is 18.5. The van der Waals surface area contributed by atoms with Gasteiger partial charge in [-0.15, -0.1) is 0 Å². The molecule has 0 saturated carbocycles. The number of hydrogen-bond acceptors (Lipinski definition) is 7. The molecular weight excluding hydrogens is 488 g/mol. The minimum atomic E-state index is -0.863. The first-order valence-corrected chi connectivity index (χ1v) is 12.2. The topological polar surface area (TPSA) is 126 Å². The predicted molar refractivity (Wildman–Crippen MR) is 142 cm³/mol. The molecule has 0 saturated heterocycles. The number of aliphatic hydroxyl groups excluding tert-OH is 1. The zero-order valence-corrected chi connectivity index (χ0v) is 21.1. The highest BCUT2D eigenvalue weighted by molar-refractivity contribution is 5.86. The number of anilines is 1. The fraction of sp³-hybridized carbons (Fsp3) is 0.241. The zero-order valence-electron chi connectivity index (χ0n) is 21.1. The molecule has 2 atom stereocenters. The molecule has 3 aromatic rings. The molecule has 3 aromatic carbocycles. The van der Waals surface area contributed by atoms with Crippen LogP contribution in [-0.2, 0) is 9.53 Å². The first-order valence-electron chi connectivity index (χ1n) is 12.2. The van der Waals surface area contributed by atoms with Crippen LogP contribution in [-0.4, -0.2) is 41.6 Å². The van der Waals surface area contributed by atoms with Gasteiger partial charge in [-0.2, -0.15) is 0 Å². The van der Waals surface area contributed by atoms with E-state index in [1.165, 1.54) is 6.08 Å². The van der Waals surface area contributed by atoms with Gasteiger partial charge in [0.05, 0.1) is 6.61 Å². The van der Waals surface area contributed by atoms with Crippen molar-refractivity contribution in [1.82, 2.24) is 5.48 Å². The van der Waals surface area contributed by atoms with Gasteiger partial charge in [0.1, 0.15) is 24.2 Å². The van der Waals surface area contributed by atoms with E-state index in [4.69, 9.17) is 24.5 Å². The number of amides is 2. The Hall–Kier alpha value is -4.34. The van der Waals surface area contributed by atoms with Gasteiger partial charge in [0, 0.05) is 11.8 Å². The highest BCUT2D eigenvalue weighted by Gasteiger charge is 2.29. The predicted octanol–water partition coefficient (Wildman–Crippen LogP) is 4.95. The summed E-state index contributed by atoms with van der Waals surface area (Å²) in [5.74, 6) is 0.432. The van der Waals surface area contributed by atoms with Crippen molar-refractivity contribution in [2.45, 2.75) is 32.0 Å². The lowest BCUT2D eigenvalue weighted by Gasteiger charge is -2.28. The van der Waals surface area contributed by atoms with E-state index in [2.05, 4.69) is 5.32 Å². The second-order valence-corrected chi connectivity index (χ2v) is 8.39. The highest BCUT2D eigenvalue weighted by atomic mass is 16.6. The quantitative estimate of drug-likeness (QED) is 0.143. The molecule has 0 spiro atoms. The van der Waals surface area contributed by atoms with Crippen LogP contribution in [0.25, 0.3) is 0 Å². The molecule has 0 unspecified atom stereocenters. The third-order valence-corrected chi connectivity index (χ3v) is 5.44. The standard InChI is InChI=1S/C29H32N2O7/c1-21-14-16-23(17-15-21)30-29(34)38-28(22-8-7-11-25(20-22)36-19-18-32)26(12-5-6-13-27(33)31-35)37-24-9-3-2-4-10-24/h2-4,6-11,13-17,20,26,28,32,35H,5,12,18-19H2,1H3,(H,30,34)(H,31,33)/b13-6+/t26-,28-/m0/s1. The number of aryl methyl sites for hydroxylation is 1. The van der Waals surface area contributed by atoms with Gasteiger partial charge >= 0.3 is 6.09 Å². The summed E-state index contributed by atoms with van der Waals surface area (Å²) in [7, 11) is 0. The SMILES string of the molecule is Cc1ccc(NC(=O)O[C@@H](c2cccc(OCCO)c2)[C@H](CC/C=C/C(=O)NO)Oc2ccccc2)cc1. The Bertz CT molecular complexity index is 1180. The van der Waals surface area contributed by atoms with E-state index < -0.39 is 24.2 Å². The van der Waals surface area contributed by atoms with Crippen LogP contribution in [0, 0.1) is 6.92 Å². The number of hydrogen-bond donors (Lipinski definition) is 4. The molecule has 0 fully saturated rings. The first kappa shape index (κ1) is 28.2. The Balaban J connectivity index is 1.90. The van der Waals surface area contributed by atoms with E-state index in [0.717, 1.165) is 5.56 Å². The van der Waals surface area contributed by atoms with Gasteiger partial charge < -0.3 is 19.3 Å². The number of benzene rings is 3. The second kappa shape index (κ2) is 15.0. The summed E-state index contributed by atoms with van der Waals surface area (Å²) in [6.45, 7) is 1.93. The molecule has 0 radical (unpaired) electrons. The average molecular weight is 521 g/mol. The van der Waals surface area contributed by atoms with Crippen molar-refractivity contribution in [2.75, 3.05) is 18.5 Å². The Morgan fingerprint density at radius 1 is 0.974 bits per heavy atom. The van der Waals surface area contributed by atoms with E-state index in [0.29, 0.717) is 35.6 Å². The number of allylic oxidation sites excluding steroid dienone is 1. The minimum Gasteiger partial charge on any atom is -0.491 e. The van der Waals surface area contributed by atoms with Gasteiger partial charge in [-0.05, 0) is 61.7 Å². The van der Waals surface area contributed by atoms with Crippen LogP contribution in [0.3, 0.4) is 0 Å². The number of rotatable bonds is 13. The minimum absolute atomic E-state index is 0.116. The summed E-state index contributed by atoms with van der Waals surface area (Å²) in [6, 6.07) is 23.5. The zero-order chi connectivity index (χ0) is 27.2. The summed E-state index contributed by atoms with van der Waals surface area (Å²) in [5.41, 5.74) is 3.81. The van der Waals surface area contributed by atoms with E-state index in [-0.39, 0.29) is 13.2 Å². The summed E-state index contributed by atoms with van der Waals surface area (Å²) >= 11 is 0. The van der Waals surface area contributed by atoms with Crippen LogP contribution in [0.4, 0.5) is 10.5 Å².